The van der Waals surface area contributed by atoms with Gasteiger partial charge < -0.3 is 9.84 Å². The lowest BCUT2D eigenvalue weighted by Crippen LogP contribution is -2.32. The van der Waals surface area contributed by atoms with Crippen molar-refractivity contribution in [2.45, 2.75) is 44.8 Å². The van der Waals surface area contributed by atoms with Gasteiger partial charge in [0.05, 0.1) is 5.69 Å². The van der Waals surface area contributed by atoms with E-state index in [2.05, 4.69) is 10.2 Å². The molecule has 0 aliphatic heterocycles. The van der Waals surface area contributed by atoms with Gasteiger partial charge in [0.25, 0.3) is 5.56 Å². The van der Waals surface area contributed by atoms with Crippen molar-refractivity contribution in [1.82, 2.24) is 14.8 Å². The molecule has 30 heavy (non-hydrogen) atoms. The summed E-state index contributed by atoms with van der Waals surface area (Å²) in [6, 6.07) is 11.1. The van der Waals surface area contributed by atoms with Crippen molar-refractivity contribution in [1.29, 1.82) is 0 Å². The maximum Gasteiger partial charge on any atom is 0.253 e. The van der Waals surface area contributed by atoms with E-state index in [9.17, 15) is 18.7 Å². The number of halogens is 2. The van der Waals surface area contributed by atoms with E-state index >= 15 is 0 Å². The predicted octanol–water partition coefficient (Wildman–Crippen LogP) is 4.26. The fourth-order valence-electron chi connectivity index (χ4n) is 3.58. The molecule has 0 amide bonds. The number of aromatic nitrogens is 3. The number of rotatable bonds is 5. The SMILES string of the molecule is O=c1cc(-c2ccc(-c3ccc(O[C@H]4CCCC[C@H]4F)nn3)c(O)c2)ccn1CF. The summed E-state index contributed by atoms with van der Waals surface area (Å²) in [7, 11) is 0. The van der Waals surface area contributed by atoms with Crippen molar-refractivity contribution < 1.29 is 18.6 Å². The molecule has 2 atom stereocenters. The molecule has 2 aromatic heterocycles. The maximum atomic E-state index is 13.9. The highest BCUT2D eigenvalue weighted by Crippen LogP contribution is 2.32. The molecule has 1 aliphatic rings. The molecule has 0 saturated heterocycles. The monoisotopic (exact) mass is 413 g/mol. The molecule has 4 rings (SSSR count). The van der Waals surface area contributed by atoms with E-state index < -0.39 is 24.6 Å². The van der Waals surface area contributed by atoms with Crippen molar-refractivity contribution in [3.63, 3.8) is 0 Å². The summed E-state index contributed by atoms with van der Waals surface area (Å²) in [5.74, 6) is 0.207. The topological polar surface area (TPSA) is 77.2 Å². The largest absolute Gasteiger partial charge is 0.507 e. The Morgan fingerprint density at radius 2 is 1.87 bits per heavy atom. The quantitative estimate of drug-likeness (QED) is 0.676. The van der Waals surface area contributed by atoms with Gasteiger partial charge in [-0.3, -0.25) is 9.36 Å². The van der Waals surface area contributed by atoms with Gasteiger partial charge in [-0.1, -0.05) is 12.5 Å². The highest BCUT2D eigenvalue weighted by atomic mass is 19.1. The Morgan fingerprint density at radius 1 is 1.07 bits per heavy atom. The second kappa shape index (κ2) is 8.61. The summed E-state index contributed by atoms with van der Waals surface area (Å²) in [5.41, 5.74) is 1.59. The van der Waals surface area contributed by atoms with E-state index in [1.54, 1.807) is 30.3 Å². The lowest BCUT2D eigenvalue weighted by Gasteiger charge is -2.25. The first-order chi connectivity index (χ1) is 14.5. The zero-order chi connectivity index (χ0) is 21.1. The molecule has 8 heteroatoms. The molecule has 1 fully saturated rings. The van der Waals surface area contributed by atoms with Crippen LogP contribution in [0, 0.1) is 0 Å². The zero-order valence-electron chi connectivity index (χ0n) is 16.2. The molecular formula is C22H21F2N3O3. The van der Waals surface area contributed by atoms with Crippen LogP contribution in [0.5, 0.6) is 11.6 Å². The minimum atomic E-state index is -0.996. The van der Waals surface area contributed by atoms with Gasteiger partial charge in [0.1, 0.15) is 18.0 Å². The molecule has 0 radical (unpaired) electrons. The standard InChI is InChI=1S/C22H21F2N3O3/c23-13-27-10-9-15(12-22(27)29)14-5-6-16(19(28)11-14)18-7-8-21(26-25-18)30-20-4-2-1-3-17(20)24/h5-12,17,20,28H,1-4,13H2/t17-,20+/m1/s1. The Balaban J connectivity index is 1.53. The van der Waals surface area contributed by atoms with Crippen LogP contribution in [-0.4, -0.2) is 32.1 Å². The number of ether oxygens (including phenoxy) is 1. The molecule has 1 N–H and O–H groups in total. The molecule has 0 spiro atoms. The van der Waals surface area contributed by atoms with E-state index in [-0.39, 0.29) is 11.6 Å². The Kier molecular flexibility index (Phi) is 5.74. The Hall–Kier alpha value is -3.29. The van der Waals surface area contributed by atoms with Crippen LogP contribution in [0.3, 0.4) is 0 Å². The smallest absolute Gasteiger partial charge is 0.253 e. The number of nitrogens with zero attached hydrogens (tertiary/aromatic N) is 3. The van der Waals surface area contributed by atoms with Gasteiger partial charge in [0.2, 0.25) is 5.88 Å². The molecule has 0 bridgehead atoms. The second-order valence-electron chi connectivity index (χ2n) is 7.29. The lowest BCUT2D eigenvalue weighted by atomic mass is 9.96. The summed E-state index contributed by atoms with van der Waals surface area (Å²) in [6.07, 6.45) is 2.82. The highest BCUT2D eigenvalue weighted by molar-refractivity contribution is 5.74. The van der Waals surface area contributed by atoms with E-state index in [0.29, 0.717) is 35.2 Å². The third-order valence-electron chi connectivity index (χ3n) is 5.27. The van der Waals surface area contributed by atoms with Crippen LogP contribution >= 0.6 is 0 Å². The van der Waals surface area contributed by atoms with Crippen LogP contribution in [0.15, 0.2) is 53.5 Å². The van der Waals surface area contributed by atoms with Gasteiger partial charge in [-0.15, -0.1) is 10.2 Å². The average molecular weight is 413 g/mol. The van der Waals surface area contributed by atoms with Gasteiger partial charge in [-0.2, -0.15) is 0 Å². The summed E-state index contributed by atoms with van der Waals surface area (Å²) in [5, 5.41) is 18.5. The summed E-state index contributed by atoms with van der Waals surface area (Å²) in [4.78, 5) is 11.8. The van der Waals surface area contributed by atoms with Crippen LogP contribution in [0.25, 0.3) is 22.4 Å². The zero-order valence-corrected chi connectivity index (χ0v) is 16.2. The van der Waals surface area contributed by atoms with Crippen LogP contribution < -0.4 is 10.3 Å². The second-order valence-corrected chi connectivity index (χ2v) is 7.29. The Morgan fingerprint density at radius 3 is 2.53 bits per heavy atom. The summed E-state index contributed by atoms with van der Waals surface area (Å²) < 4.78 is 33.2. The van der Waals surface area contributed by atoms with E-state index in [1.807, 2.05) is 0 Å². The first-order valence-corrected chi connectivity index (χ1v) is 9.80. The van der Waals surface area contributed by atoms with Crippen molar-refractivity contribution >= 4 is 0 Å². The number of alkyl halides is 2. The summed E-state index contributed by atoms with van der Waals surface area (Å²) in [6.45, 7) is -0.894. The number of phenols is 1. The molecule has 3 aromatic rings. The summed E-state index contributed by atoms with van der Waals surface area (Å²) >= 11 is 0. The van der Waals surface area contributed by atoms with Crippen LogP contribution in [0.4, 0.5) is 8.78 Å². The molecule has 2 heterocycles. The first kappa shape index (κ1) is 20.0. The van der Waals surface area contributed by atoms with E-state index in [1.165, 1.54) is 18.3 Å². The average Bonchev–Trinajstić information content (AvgIpc) is 2.76. The van der Waals surface area contributed by atoms with Gasteiger partial charge in [0.15, 0.2) is 6.80 Å². The third kappa shape index (κ3) is 4.17. The fraction of sp³-hybridized carbons (Fsp3) is 0.318. The molecular weight excluding hydrogens is 392 g/mol. The molecule has 0 unspecified atom stereocenters. The number of hydrogen-bond donors (Lipinski definition) is 1. The molecule has 1 aliphatic carbocycles. The predicted molar refractivity (Wildman–Crippen MR) is 108 cm³/mol. The van der Waals surface area contributed by atoms with Gasteiger partial charge in [-0.25, -0.2) is 8.78 Å². The fourth-order valence-corrected chi connectivity index (χ4v) is 3.58. The van der Waals surface area contributed by atoms with Gasteiger partial charge in [0, 0.05) is 23.9 Å². The van der Waals surface area contributed by atoms with E-state index in [0.717, 1.165) is 17.4 Å². The normalized spacial score (nSPS) is 18.9. The van der Waals surface area contributed by atoms with Crippen molar-refractivity contribution in [3.05, 3.63) is 59.0 Å². The minimum Gasteiger partial charge on any atom is -0.507 e. The van der Waals surface area contributed by atoms with E-state index in [4.69, 9.17) is 4.74 Å². The van der Waals surface area contributed by atoms with Crippen LogP contribution in [-0.2, 0) is 6.80 Å². The van der Waals surface area contributed by atoms with Gasteiger partial charge in [-0.05, 0) is 54.7 Å². The molecule has 1 aromatic carbocycles. The van der Waals surface area contributed by atoms with Crippen LogP contribution in [0.2, 0.25) is 0 Å². The highest BCUT2D eigenvalue weighted by Gasteiger charge is 2.26. The van der Waals surface area contributed by atoms with Crippen LogP contribution in [0.1, 0.15) is 25.7 Å². The first-order valence-electron chi connectivity index (χ1n) is 9.80. The number of hydrogen-bond acceptors (Lipinski definition) is 5. The number of phenolic OH excluding ortho intramolecular Hbond substituents is 1. The Labute approximate surface area is 171 Å². The van der Waals surface area contributed by atoms with Gasteiger partial charge >= 0.3 is 0 Å². The van der Waals surface area contributed by atoms with Crippen molar-refractivity contribution in [2.24, 2.45) is 0 Å². The number of benzene rings is 1. The molecule has 156 valence electrons. The third-order valence-corrected chi connectivity index (χ3v) is 5.27. The number of pyridine rings is 1. The lowest BCUT2D eigenvalue weighted by molar-refractivity contribution is 0.0594. The van der Waals surface area contributed by atoms with Crippen molar-refractivity contribution in [2.75, 3.05) is 0 Å². The molecule has 6 nitrogen and oxygen atoms in total. The minimum absolute atomic E-state index is 0.0405. The molecule has 1 saturated carbocycles. The maximum absolute atomic E-state index is 13.9. The Bertz CT molecular complexity index is 1090. The number of aromatic hydroxyl groups is 1. The van der Waals surface area contributed by atoms with Crippen molar-refractivity contribution in [3.8, 4) is 34.0 Å².